The molecular formula is C23H31F3O3. The maximum absolute atomic E-state index is 12.7. The molecule has 3 nitrogen and oxygen atoms in total. The van der Waals surface area contributed by atoms with Crippen LogP contribution in [0.1, 0.15) is 89.0 Å². The van der Waals surface area contributed by atoms with E-state index in [0.717, 1.165) is 69.8 Å². The Morgan fingerprint density at radius 1 is 1.03 bits per heavy atom. The van der Waals surface area contributed by atoms with Crippen molar-refractivity contribution in [2.24, 2.45) is 5.92 Å². The van der Waals surface area contributed by atoms with Gasteiger partial charge in [-0.15, -0.1) is 13.2 Å². The fourth-order valence-corrected chi connectivity index (χ4v) is 4.91. The highest BCUT2D eigenvalue weighted by molar-refractivity contribution is 5.73. The standard InChI is InChI=1S/C23H31F3O3/c1-2-14-22(29-21(27)19-6-4-3-5-7-19)15-12-18(13-16-22)17-8-10-20(11-9-17)28-23(24,25)26/h8-11,18-19H,2-7,12-16H2,1H3. The molecule has 0 N–H and O–H groups in total. The van der Waals surface area contributed by atoms with Gasteiger partial charge in [0, 0.05) is 0 Å². The zero-order valence-corrected chi connectivity index (χ0v) is 17.1. The largest absolute Gasteiger partial charge is 0.573 e. The van der Waals surface area contributed by atoms with E-state index in [1.165, 1.54) is 18.6 Å². The molecule has 6 heteroatoms. The third-order valence-corrected chi connectivity index (χ3v) is 6.44. The number of carbonyl (C=O) groups excluding carboxylic acids is 1. The first-order chi connectivity index (χ1) is 13.8. The van der Waals surface area contributed by atoms with E-state index in [2.05, 4.69) is 11.7 Å². The predicted octanol–water partition coefficient (Wildman–Crippen LogP) is 6.91. The van der Waals surface area contributed by atoms with E-state index >= 15 is 0 Å². The maximum atomic E-state index is 12.7. The smallest absolute Gasteiger partial charge is 0.459 e. The summed E-state index contributed by atoms with van der Waals surface area (Å²) in [5.41, 5.74) is 0.641. The first kappa shape index (κ1) is 22.0. The Balaban J connectivity index is 1.59. The van der Waals surface area contributed by atoms with Crippen LogP contribution in [0.25, 0.3) is 0 Å². The van der Waals surface area contributed by atoms with Crippen LogP contribution in [0.15, 0.2) is 24.3 Å². The monoisotopic (exact) mass is 412 g/mol. The van der Waals surface area contributed by atoms with Gasteiger partial charge in [0.2, 0.25) is 0 Å². The summed E-state index contributed by atoms with van der Waals surface area (Å²) in [4.78, 5) is 12.7. The average molecular weight is 412 g/mol. The number of hydrogen-bond donors (Lipinski definition) is 0. The minimum absolute atomic E-state index is 0.0229. The number of alkyl halides is 3. The van der Waals surface area contributed by atoms with Gasteiger partial charge in [0.15, 0.2) is 0 Å². The first-order valence-corrected chi connectivity index (χ1v) is 10.9. The predicted molar refractivity (Wildman–Crippen MR) is 105 cm³/mol. The summed E-state index contributed by atoms with van der Waals surface area (Å²) in [7, 11) is 0. The van der Waals surface area contributed by atoms with Crippen LogP contribution in [0.3, 0.4) is 0 Å². The van der Waals surface area contributed by atoms with Gasteiger partial charge in [-0.2, -0.15) is 0 Å². The molecule has 0 radical (unpaired) electrons. The maximum Gasteiger partial charge on any atom is 0.573 e. The van der Waals surface area contributed by atoms with Crippen molar-refractivity contribution in [2.45, 2.75) is 95.4 Å². The van der Waals surface area contributed by atoms with Crippen molar-refractivity contribution in [1.29, 1.82) is 0 Å². The van der Waals surface area contributed by atoms with Crippen molar-refractivity contribution >= 4 is 5.97 Å². The van der Waals surface area contributed by atoms with E-state index in [-0.39, 0.29) is 29.2 Å². The molecule has 0 heterocycles. The van der Waals surface area contributed by atoms with Gasteiger partial charge in [-0.25, -0.2) is 0 Å². The molecule has 2 saturated carbocycles. The molecule has 0 aromatic heterocycles. The van der Waals surface area contributed by atoms with Crippen molar-refractivity contribution in [3.8, 4) is 5.75 Å². The summed E-state index contributed by atoms with van der Waals surface area (Å²) < 4.78 is 47.1. The molecule has 0 amide bonds. The summed E-state index contributed by atoms with van der Waals surface area (Å²) in [6.45, 7) is 2.11. The van der Waals surface area contributed by atoms with E-state index in [1.807, 2.05) is 0 Å². The van der Waals surface area contributed by atoms with Gasteiger partial charge >= 0.3 is 12.3 Å². The molecule has 0 spiro atoms. The van der Waals surface area contributed by atoms with Crippen molar-refractivity contribution < 1.29 is 27.4 Å². The van der Waals surface area contributed by atoms with E-state index < -0.39 is 6.36 Å². The second-order valence-electron chi connectivity index (χ2n) is 8.58. The van der Waals surface area contributed by atoms with Gasteiger partial charge in [-0.05, 0) is 68.6 Å². The molecule has 162 valence electrons. The summed E-state index contributed by atoms with van der Waals surface area (Å²) in [5.74, 6) is 0.105. The van der Waals surface area contributed by atoms with Gasteiger partial charge in [0.1, 0.15) is 11.4 Å². The van der Waals surface area contributed by atoms with Crippen molar-refractivity contribution in [2.75, 3.05) is 0 Å². The highest BCUT2D eigenvalue weighted by atomic mass is 19.4. The van der Waals surface area contributed by atoms with Crippen molar-refractivity contribution in [1.82, 2.24) is 0 Å². The molecule has 0 unspecified atom stereocenters. The van der Waals surface area contributed by atoms with Crippen LogP contribution < -0.4 is 4.74 Å². The highest BCUT2D eigenvalue weighted by Gasteiger charge is 2.40. The van der Waals surface area contributed by atoms with Gasteiger partial charge in [0.25, 0.3) is 0 Å². The second kappa shape index (κ2) is 9.40. The lowest BCUT2D eigenvalue weighted by Gasteiger charge is -2.41. The molecule has 0 atom stereocenters. The number of halogens is 3. The molecule has 2 fully saturated rings. The number of hydrogen-bond acceptors (Lipinski definition) is 3. The molecule has 1 aromatic rings. The van der Waals surface area contributed by atoms with Crippen LogP contribution in [0.2, 0.25) is 0 Å². The number of ether oxygens (including phenoxy) is 2. The Morgan fingerprint density at radius 3 is 2.21 bits per heavy atom. The summed E-state index contributed by atoms with van der Waals surface area (Å²) in [6, 6.07) is 6.18. The third kappa shape index (κ3) is 6.13. The molecule has 29 heavy (non-hydrogen) atoms. The van der Waals surface area contributed by atoms with Crippen LogP contribution in [0, 0.1) is 5.92 Å². The highest BCUT2D eigenvalue weighted by Crippen LogP contribution is 2.43. The van der Waals surface area contributed by atoms with Gasteiger partial charge in [0.05, 0.1) is 5.92 Å². The summed E-state index contributed by atoms with van der Waals surface area (Å²) >= 11 is 0. The Labute approximate surface area is 171 Å². The minimum atomic E-state index is -4.67. The lowest BCUT2D eigenvalue weighted by molar-refractivity contribution is -0.274. The molecule has 0 saturated heterocycles. The molecule has 3 rings (SSSR count). The van der Waals surface area contributed by atoms with E-state index in [1.54, 1.807) is 12.1 Å². The fraction of sp³-hybridized carbons (Fsp3) is 0.696. The van der Waals surface area contributed by atoms with Crippen LogP contribution in [0.4, 0.5) is 13.2 Å². The number of benzene rings is 1. The van der Waals surface area contributed by atoms with Crippen LogP contribution in [0.5, 0.6) is 5.75 Å². The fourth-order valence-electron chi connectivity index (χ4n) is 4.91. The van der Waals surface area contributed by atoms with Gasteiger partial charge in [-0.3, -0.25) is 4.79 Å². The van der Waals surface area contributed by atoms with E-state index in [9.17, 15) is 18.0 Å². The third-order valence-electron chi connectivity index (χ3n) is 6.44. The molecule has 2 aliphatic rings. The van der Waals surface area contributed by atoms with Gasteiger partial charge < -0.3 is 9.47 Å². The number of esters is 1. The van der Waals surface area contributed by atoms with Gasteiger partial charge in [-0.1, -0.05) is 44.7 Å². The number of carbonyl (C=O) groups is 1. The molecule has 0 aliphatic heterocycles. The van der Waals surface area contributed by atoms with E-state index in [4.69, 9.17) is 4.74 Å². The Kier molecular flexibility index (Phi) is 7.12. The SMILES string of the molecule is CCCC1(OC(=O)C2CCCCC2)CCC(c2ccc(OC(F)(F)F)cc2)CC1. The molecule has 2 aliphatic carbocycles. The quantitative estimate of drug-likeness (QED) is 0.477. The van der Waals surface area contributed by atoms with Crippen molar-refractivity contribution in [3.63, 3.8) is 0 Å². The summed E-state index contributed by atoms with van der Waals surface area (Å²) in [5, 5.41) is 0. The lowest BCUT2D eigenvalue weighted by atomic mass is 9.74. The molecule has 0 bridgehead atoms. The Morgan fingerprint density at radius 2 is 1.66 bits per heavy atom. The first-order valence-electron chi connectivity index (χ1n) is 10.9. The normalized spacial score (nSPS) is 26.1. The van der Waals surface area contributed by atoms with E-state index in [0.29, 0.717) is 0 Å². The zero-order chi connectivity index (χ0) is 20.9. The number of rotatable bonds is 6. The average Bonchev–Trinajstić information content (AvgIpc) is 2.69. The lowest BCUT2D eigenvalue weighted by Crippen LogP contribution is -2.40. The van der Waals surface area contributed by atoms with Crippen LogP contribution in [-0.4, -0.2) is 17.9 Å². The van der Waals surface area contributed by atoms with Crippen molar-refractivity contribution in [3.05, 3.63) is 29.8 Å². The zero-order valence-electron chi connectivity index (χ0n) is 17.1. The molecule has 1 aromatic carbocycles. The molecular weight excluding hydrogens is 381 g/mol. The minimum Gasteiger partial charge on any atom is -0.459 e. The Hall–Kier alpha value is -1.72. The topological polar surface area (TPSA) is 35.5 Å². The van der Waals surface area contributed by atoms with Crippen LogP contribution in [-0.2, 0) is 9.53 Å². The van der Waals surface area contributed by atoms with Crippen LogP contribution >= 0.6 is 0 Å². The Bertz CT molecular complexity index is 655. The summed E-state index contributed by atoms with van der Waals surface area (Å²) in [6.07, 6.45) is 5.83. The second-order valence-corrected chi connectivity index (χ2v) is 8.58.